The van der Waals surface area contributed by atoms with E-state index in [4.69, 9.17) is 10.2 Å². The fourth-order valence-electron chi connectivity index (χ4n) is 2.18. The number of nitrogens with one attached hydrogen (secondary N) is 1. The Bertz CT molecular complexity index is 960. The highest BCUT2D eigenvalue weighted by atomic mass is 16.5. The van der Waals surface area contributed by atoms with Crippen LogP contribution in [0.5, 0.6) is 0 Å². The molecule has 0 aliphatic rings. The molecule has 128 valence electrons. The van der Waals surface area contributed by atoms with E-state index in [1.54, 1.807) is 12.1 Å². The second-order valence-electron chi connectivity index (χ2n) is 4.91. The van der Waals surface area contributed by atoms with Gasteiger partial charge in [0.2, 0.25) is 0 Å². The molecule has 0 fully saturated rings. The first-order chi connectivity index (χ1) is 12.0. The van der Waals surface area contributed by atoms with Gasteiger partial charge in [0, 0.05) is 0 Å². The first-order valence-electron chi connectivity index (χ1n) is 7.08. The lowest BCUT2D eigenvalue weighted by atomic mass is 10.2. The molecule has 3 rings (SSSR count). The number of nitrogens with zero attached hydrogens (tertiary/aromatic N) is 3. The molecule has 3 N–H and O–H groups in total. The molecule has 0 atom stereocenters. The molecular formula is C15H13N5O5. The number of methoxy groups -OCH3 is 1. The zero-order valence-electron chi connectivity index (χ0n) is 13.1. The van der Waals surface area contributed by atoms with Crippen molar-refractivity contribution in [1.82, 2.24) is 19.7 Å². The van der Waals surface area contributed by atoms with Crippen molar-refractivity contribution in [2.75, 3.05) is 13.7 Å². The van der Waals surface area contributed by atoms with Crippen molar-refractivity contribution in [2.45, 2.75) is 0 Å². The second-order valence-corrected chi connectivity index (χ2v) is 4.91. The summed E-state index contributed by atoms with van der Waals surface area (Å²) >= 11 is 0. The summed E-state index contributed by atoms with van der Waals surface area (Å²) in [6.07, 6.45) is 2.70. The smallest absolute Gasteiger partial charge is 0.325 e. The predicted octanol–water partition coefficient (Wildman–Crippen LogP) is -0.00900. The van der Waals surface area contributed by atoms with Crippen molar-refractivity contribution in [3.8, 4) is 11.5 Å². The normalized spacial score (nSPS) is 10.6. The molecule has 0 bridgehead atoms. The maximum absolute atomic E-state index is 12.4. The van der Waals surface area contributed by atoms with Gasteiger partial charge in [0.25, 0.3) is 11.8 Å². The maximum Gasteiger partial charge on any atom is 0.325 e. The van der Waals surface area contributed by atoms with E-state index >= 15 is 0 Å². The number of ether oxygens (including phenoxy) is 1. The van der Waals surface area contributed by atoms with Crippen molar-refractivity contribution >= 4 is 23.4 Å². The minimum Gasteiger partial charge on any atom is -0.468 e. The zero-order chi connectivity index (χ0) is 18.0. The van der Waals surface area contributed by atoms with Crippen LogP contribution in [-0.4, -0.2) is 45.8 Å². The number of amides is 2. The number of carbonyl (C=O) groups is 3. The van der Waals surface area contributed by atoms with Gasteiger partial charge in [-0.25, -0.2) is 9.97 Å². The first-order valence-corrected chi connectivity index (χ1v) is 7.08. The van der Waals surface area contributed by atoms with Crippen LogP contribution in [0.1, 0.15) is 21.0 Å². The van der Waals surface area contributed by atoms with Crippen LogP contribution in [0.25, 0.3) is 17.1 Å². The Balaban J connectivity index is 2.11. The summed E-state index contributed by atoms with van der Waals surface area (Å²) < 4.78 is 11.1. The Hall–Kier alpha value is -3.69. The minimum absolute atomic E-state index is 0.0876. The number of esters is 1. The van der Waals surface area contributed by atoms with Gasteiger partial charge in [-0.3, -0.25) is 18.8 Å². The van der Waals surface area contributed by atoms with E-state index in [-0.39, 0.29) is 23.6 Å². The third-order valence-corrected chi connectivity index (χ3v) is 3.36. The van der Waals surface area contributed by atoms with Crippen LogP contribution >= 0.6 is 0 Å². The number of imidazole rings is 1. The summed E-state index contributed by atoms with van der Waals surface area (Å²) in [5.41, 5.74) is 5.72. The van der Waals surface area contributed by atoms with Gasteiger partial charge in [-0.15, -0.1) is 0 Å². The van der Waals surface area contributed by atoms with Gasteiger partial charge >= 0.3 is 5.97 Å². The average Bonchev–Trinajstić information content (AvgIpc) is 3.27. The number of nitrogens with two attached hydrogens (primary N) is 1. The highest BCUT2D eigenvalue weighted by Crippen LogP contribution is 2.21. The molecule has 0 aliphatic heterocycles. The molecule has 3 aromatic heterocycles. The molecule has 2 amide bonds. The number of aromatic nitrogens is 3. The SMILES string of the molecule is COC(=O)CNC(=O)c1cc(-c2ccco2)nc2c(C(N)=O)ncn12. The number of primary amides is 1. The van der Waals surface area contributed by atoms with E-state index in [2.05, 4.69) is 20.0 Å². The molecule has 10 heteroatoms. The predicted molar refractivity (Wildman–Crippen MR) is 83.6 cm³/mol. The number of furan rings is 1. The van der Waals surface area contributed by atoms with E-state index in [9.17, 15) is 14.4 Å². The van der Waals surface area contributed by atoms with Gasteiger partial charge in [-0.05, 0) is 18.2 Å². The first kappa shape index (κ1) is 16.2. The number of hydrogen-bond acceptors (Lipinski definition) is 7. The van der Waals surface area contributed by atoms with Crippen LogP contribution in [0.15, 0.2) is 35.2 Å². The fourth-order valence-corrected chi connectivity index (χ4v) is 2.18. The Morgan fingerprint density at radius 2 is 2.20 bits per heavy atom. The van der Waals surface area contributed by atoms with E-state index in [0.717, 1.165) is 0 Å². The van der Waals surface area contributed by atoms with Crippen molar-refractivity contribution in [3.63, 3.8) is 0 Å². The third kappa shape index (κ3) is 3.04. The monoisotopic (exact) mass is 343 g/mol. The summed E-state index contributed by atoms with van der Waals surface area (Å²) in [5, 5.41) is 2.42. The third-order valence-electron chi connectivity index (χ3n) is 3.36. The van der Waals surface area contributed by atoms with Crippen molar-refractivity contribution in [2.24, 2.45) is 5.73 Å². The summed E-state index contributed by atoms with van der Waals surface area (Å²) in [7, 11) is 1.21. The highest BCUT2D eigenvalue weighted by molar-refractivity contribution is 6.00. The molecular weight excluding hydrogens is 330 g/mol. The molecule has 3 heterocycles. The number of hydrogen-bond donors (Lipinski definition) is 2. The van der Waals surface area contributed by atoms with Crippen LogP contribution in [0, 0.1) is 0 Å². The molecule has 10 nitrogen and oxygen atoms in total. The van der Waals surface area contributed by atoms with Crippen LogP contribution < -0.4 is 11.1 Å². The number of fused-ring (bicyclic) bond motifs is 1. The zero-order valence-corrected chi connectivity index (χ0v) is 13.1. The van der Waals surface area contributed by atoms with Crippen molar-refractivity contribution in [1.29, 1.82) is 0 Å². The summed E-state index contributed by atoms with van der Waals surface area (Å²) in [6, 6.07) is 4.75. The quantitative estimate of drug-likeness (QED) is 0.620. The average molecular weight is 343 g/mol. The lowest BCUT2D eigenvalue weighted by molar-refractivity contribution is -0.139. The molecule has 25 heavy (non-hydrogen) atoms. The topological polar surface area (TPSA) is 142 Å². The fraction of sp³-hybridized carbons (Fsp3) is 0.133. The van der Waals surface area contributed by atoms with Crippen LogP contribution in [-0.2, 0) is 9.53 Å². The lowest BCUT2D eigenvalue weighted by Crippen LogP contribution is -2.31. The van der Waals surface area contributed by atoms with E-state index in [1.807, 2.05) is 0 Å². The second kappa shape index (κ2) is 6.43. The molecule has 0 saturated heterocycles. The van der Waals surface area contributed by atoms with E-state index < -0.39 is 17.8 Å². The summed E-state index contributed by atoms with van der Waals surface area (Å²) in [6.45, 7) is -0.313. The van der Waals surface area contributed by atoms with Crippen LogP contribution in [0.3, 0.4) is 0 Å². The summed E-state index contributed by atoms with van der Waals surface area (Å²) in [5.74, 6) is -1.58. The molecule has 0 aromatic carbocycles. The Morgan fingerprint density at radius 3 is 2.84 bits per heavy atom. The molecule has 0 spiro atoms. The summed E-state index contributed by atoms with van der Waals surface area (Å²) in [4.78, 5) is 43.4. The Labute approximate surface area is 140 Å². The van der Waals surface area contributed by atoms with Crippen molar-refractivity contribution < 1.29 is 23.5 Å². The van der Waals surface area contributed by atoms with E-state index in [1.165, 1.54) is 30.2 Å². The highest BCUT2D eigenvalue weighted by Gasteiger charge is 2.20. The van der Waals surface area contributed by atoms with Gasteiger partial charge in [0.05, 0.1) is 13.4 Å². The number of carbonyl (C=O) groups excluding carboxylic acids is 3. The van der Waals surface area contributed by atoms with Gasteiger partial charge in [0.15, 0.2) is 17.1 Å². The maximum atomic E-state index is 12.4. The molecule has 0 unspecified atom stereocenters. The van der Waals surface area contributed by atoms with Gasteiger partial charge in [-0.2, -0.15) is 0 Å². The van der Waals surface area contributed by atoms with Crippen LogP contribution in [0.2, 0.25) is 0 Å². The molecule has 0 radical (unpaired) electrons. The van der Waals surface area contributed by atoms with Crippen LogP contribution in [0.4, 0.5) is 0 Å². The molecule has 0 saturated carbocycles. The number of rotatable bonds is 5. The van der Waals surface area contributed by atoms with Gasteiger partial charge < -0.3 is 20.2 Å². The largest absolute Gasteiger partial charge is 0.468 e. The Kier molecular flexibility index (Phi) is 4.16. The van der Waals surface area contributed by atoms with Gasteiger partial charge in [0.1, 0.15) is 24.3 Å². The Morgan fingerprint density at radius 1 is 1.40 bits per heavy atom. The van der Waals surface area contributed by atoms with E-state index in [0.29, 0.717) is 11.5 Å². The molecule has 3 aromatic rings. The minimum atomic E-state index is -0.785. The molecule has 0 aliphatic carbocycles. The van der Waals surface area contributed by atoms with Crippen molar-refractivity contribution in [3.05, 3.63) is 42.2 Å². The lowest BCUT2D eigenvalue weighted by Gasteiger charge is -2.08. The van der Waals surface area contributed by atoms with Gasteiger partial charge in [-0.1, -0.05) is 0 Å². The standard InChI is InChI=1S/C15H13N5O5/c1-24-11(21)6-17-15(23)9-5-8(10-3-2-4-25-10)19-14-12(13(16)22)18-7-20(9)14/h2-5,7H,6H2,1H3,(H2,16,22)(H,17,23).